The second-order valence-corrected chi connectivity index (χ2v) is 6.88. The van der Waals surface area contributed by atoms with Crippen LogP contribution in [0, 0.1) is 29.6 Å². The van der Waals surface area contributed by atoms with Gasteiger partial charge in [-0.25, -0.2) is 0 Å². The van der Waals surface area contributed by atoms with E-state index >= 15 is 0 Å². The fourth-order valence-corrected chi connectivity index (χ4v) is 5.29. The number of hydrogen-bond donors (Lipinski definition) is 0. The minimum Gasteiger partial charge on any atom is -0.0622 e. The van der Waals surface area contributed by atoms with Crippen molar-refractivity contribution in [2.75, 3.05) is 0 Å². The molecule has 16 heavy (non-hydrogen) atoms. The minimum absolute atomic E-state index is 1.05. The molecule has 0 heteroatoms. The average molecular weight is 220 g/mol. The molecule has 0 nitrogen and oxygen atoms in total. The van der Waals surface area contributed by atoms with E-state index in [0.29, 0.717) is 0 Å². The number of fused-ring (bicyclic) bond motifs is 1. The Hall–Kier alpha value is 0. The average Bonchev–Trinajstić information content (AvgIpc) is 2.73. The van der Waals surface area contributed by atoms with Gasteiger partial charge >= 0.3 is 0 Å². The van der Waals surface area contributed by atoms with Crippen LogP contribution in [-0.4, -0.2) is 0 Å². The van der Waals surface area contributed by atoms with Gasteiger partial charge in [0.2, 0.25) is 0 Å². The second-order valence-electron chi connectivity index (χ2n) is 6.88. The molecule has 0 saturated heterocycles. The standard InChI is InChI=1S/C16H28/c1-12-10-11-16-14(12)8-5-9-15(16)13-6-3-2-4-7-13/h12-16H,2-11H2,1H3. The molecule has 0 N–H and O–H groups in total. The zero-order valence-electron chi connectivity index (χ0n) is 11.0. The first kappa shape index (κ1) is 11.1. The fraction of sp³-hybridized carbons (Fsp3) is 1.00. The summed E-state index contributed by atoms with van der Waals surface area (Å²) in [6.45, 7) is 2.52. The molecule has 0 aliphatic heterocycles. The summed E-state index contributed by atoms with van der Waals surface area (Å²) in [5.74, 6) is 5.60. The molecule has 0 aromatic carbocycles. The van der Waals surface area contributed by atoms with Crippen LogP contribution in [0.15, 0.2) is 0 Å². The van der Waals surface area contributed by atoms with Gasteiger partial charge < -0.3 is 0 Å². The Kier molecular flexibility index (Phi) is 3.27. The minimum atomic E-state index is 1.05. The summed E-state index contributed by atoms with van der Waals surface area (Å²) < 4.78 is 0. The molecule has 0 spiro atoms. The van der Waals surface area contributed by atoms with Crippen LogP contribution in [0.4, 0.5) is 0 Å². The molecule has 92 valence electrons. The van der Waals surface area contributed by atoms with E-state index in [1.54, 1.807) is 44.9 Å². The van der Waals surface area contributed by atoms with Crippen molar-refractivity contribution in [2.45, 2.75) is 71.1 Å². The molecule has 3 aliphatic carbocycles. The van der Waals surface area contributed by atoms with Crippen molar-refractivity contribution in [3.05, 3.63) is 0 Å². The SMILES string of the molecule is CC1CCC2C1CCCC2C1CCCCC1. The highest BCUT2D eigenvalue weighted by Crippen LogP contribution is 2.52. The van der Waals surface area contributed by atoms with E-state index in [0.717, 1.165) is 29.6 Å². The quantitative estimate of drug-likeness (QED) is 0.581. The van der Waals surface area contributed by atoms with E-state index in [1.165, 1.54) is 19.3 Å². The molecule has 4 atom stereocenters. The van der Waals surface area contributed by atoms with Crippen LogP contribution < -0.4 is 0 Å². The molecular formula is C16H28. The lowest BCUT2D eigenvalue weighted by Crippen LogP contribution is -2.32. The molecule has 0 bridgehead atoms. The van der Waals surface area contributed by atoms with E-state index in [2.05, 4.69) is 6.92 Å². The van der Waals surface area contributed by atoms with Crippen LogP contribution in [0.2, 0.25) is 0 Å². The van der Waals surface area contributed by atoms with Gasteiger partial charge in [-0.2, -0.15) is 0 Å². The molecule has 3 aliphatic rings. The van der Waals surface area contributed by atoms with Crippen molar-refractivity contribution in [3.63, 3.8) is 0 Å². The highest BCUT2D eigenvalue weighted by atomic mass is 14.5. The highest BCUT2D eigenvalue weighted by Gasteiger charge is 2.42. The summed E-state index contributed by atoms with van der Waals surface area (Å²) in [6.07, 6.45) is 15.5. The van der Waals surface area contributed by atoms with E-state index < -0.39 is 0 Å². The molecule has 0 aromatic rings. The summed E-state index contributed by atoms with van der Waals surface area (Å²) in [6, 6.07) is 0. The van der Waals surface area contributed by atoms with Gasteiger partial charge in [0.05, 0.1) is 0 Å². The Bertz CT molecular complexity index is 226. The smallest absolute Gasteiger partial charge is 0.0352 e. The van der Waals surface area contributed by atoms with Crippen LogP contribution >= 0.6 is 0 Å². The summed E-state index contributed by atoms with van der Waals surface area (Å²) in [5.41, 5.74) is 0. The molecule has 3 saturated carbocycles. The fourth-order valence-electron chi connectivity index (χ4n) is 5.29. The maximum absolute atomic E-state index is 2.52. The van der Waals surface area contributed by atoms with Gasteiger partial charge in [0, 0.05) is 0 Å². The van der Waals surface area contributed by atoms with Gasteiger partial charge in [-0.3, -0.25) is 0 Å². The first-order chi connectivity index (χ1) is 7.86. The summed E-state index contributed by atoms with van der Waals surface area (Å²) >= 11 is 0. The highest BCUT2D eigenvalue weighted by molar-refractivity contribution is 4.93. The molecule has 0 heterocycles. The van der Waals surface area contributed by atoms with E-state index in [4.69, 9.17) is 0 Å². The van der Waals surface area contributed by atoms with Crippen molar-refractivity contribution in [2.24, 2.45) is 29.6 Å². The third-order valence-corrected chi connectivity index (χ3v) is 6.12. The Labute approximate surface area is 101 Å². The van der Waals surface area contributed by atoms with Crippen molar-refractivity contribution in [3.8, 4) is 0 Å². The Morgan fingerprint density at radius 1 is 0.562 bits per heavy atom. The lowest BCUT2D eigenvalue weighted by Gasteiger charge is -2.41. The monoisotopic (exact) mass is 220 g/mol. The molecule has 3 rings (SSSR count). The zero-order valence-corrected chi connectivity index (χ0v) is 11.0. The van der Waals surface area contributed by atoms with Gasteiger partial charge in [-0.05, 0) is 48.9 Å². The van der Waals surface area contributed by atoms with Crippen LogP contribution in [0.1, 0.15) is 71.1 Å². The van der Waals surface area contributed by atoms with Gasteiger partial charge in [-0.1, -0.05) is 51.9 Å². The van der Waals surface area contributed by atoms with Gasteiger partial charge in [0.25, 0.3) is 0 Å². The van der Waals surface area contributed by atoms with Gasteiger partial charge in [0.15, 0.2) is 0 Å². The predicted molar refractivity (Wildman–Crippen MR) is 69.3 cm³/mol. The van der Waals surface area contributed by atoms with E-state index in [9.17, 15) is 0 Å². The van der Waals surface area contributed by atoms with Crippen LogP contribution in [-0.2, 0) is 0 Å². The Morgan fingerprint density at radius 2 is 1.31 bits per heavy atom. The van der Waals surface area contributed by atoms with Crippen molar-refractivity contribution < 1.29 is 0 Å². The molecule has 4 unspecified atom stereocenters. The topological polar surface area (TPSA) is 0 Å². The molecule has 0 amide bonds. The van der Waals surface area contributed by atoms with Crippen LogP contribution in [0.5, 0.6) is 0 Å². The van der Waals surface area contributed by atoms with Crippen LogP contribution in [0.3, 0.4) is 0 Å². The second kappa shape index (κ2) is 4.70. The lowest BCUT2D eigenvalue weighted by atomic mass is 9.64. The van der Waals surface area contributed by atoms with Crippen molar-refractivity contribution in [1.29, 1.82) is 0 Å². The predicted octanol–water partition coefficient (Wildman–Crippen LogP) is 5.03. The third-order valence-electron chi connectivity index (χ3n) is 6.12. The summed E-state index contributed by atoms with van der Waals surface area (Å²) in [5, 5.41) is 0. The zero-order chi connectivity index (χ0) is 11.0. The molecule has 0 aromatic heterocycles. The van der Waals surface area contributed by atoms with Gasteiger partial charge in [0.1, 0.15) is 0 Å². The maximum Gasteiger partial charge on any atom is -0.0352 e. The Morgan fingerprint density at radius 3 is 2.12 bits per heavy atom. The van der Waals surface area contributed by atoms with E-state index in [-0.39, 0.29) is 0 Å². The maximum atomic E-state index is 2.52. The van der Waals surface area contributed by atoms with Crippen LogP contribution in [0.25, 0.3) is 0 Å². The summed E-state index contributed by atoms with van der Waals surface area (Å²) in [7, 11) is 0. The largest absolute Gasteiger partial charge is 0.0622 e. The molecule has 3 fully saturated rings. The van der Waals surface area contributed by atoms with Crippen molar-refractivity contribution >= 4 is 0 Å². The third kappa shape index (κ3) is 1.93. The number of hydrogen-bond acceptors (Lipinski definition) is 0. The van der Waals surface area contributed by atoms with E-state index in [1.807, 2.05) is 0 Å². The molecule has 0 radical (unpaired) electrons. The first-order valence-electron chi connectivity index (χ1n) is 7.86. The first-order valence-corrected chi connectivity index (χ1v) is 7.86. The lowest BCUT2D eigenvalue weighted by molar-refractivity contribution is 0.0874. The van der Waals surface area contributed by atoms with Crippen molar-refractivity contribution in [1.82, 2.24) is 0 Å². The Balaban J connectivity index is 1.69. The number of rotatable bonds is 1. The van der Waals surface area contributed by atoms with Gasteiger partial charge in [-0.15, -0.1) is 0 Å². The normalized spacial score (nSPS) is 45.6. The summed E-state index contributed by atoms with van der Waals surface area (Å²) in [4.78, 5) is 0. The molecular weight excluding hydrogens is 192 g/mol.